The summed E-state index contributed by atoms with van der Waals surface area (Å²) in [4.78, 5) is 27.8. The number of Topliss-reactive ketones (excluding diaryl/α,β-unsaturated/α-hetero) is 1. The molecule has 1 atom stereocenters. The van der Waals surface area contributed by atoms with E-state index in [-0.39, 0.29) is 22.2 Å². The summed E-state index contributed by atoms with van der Waals surface area (Å²) in [5.74, 6) is -3.68. The van der Waals surface area contributed by atoms with Crippen molar-refractivity contribution in [3.8, 4) is 6.07 Å². The van der Waals surface area contributed by atoms with Crippen molar-refractivity contribution in [2.45, 2.75) is 6.92 Å². The van der Waals surface area contributed by atoms with Crippen LogP contribution in [0.3, 0.4) is 0 Å². The van der Waals surface area contributed by atoms with Crippen LogP contribution in [0.15, 0.2) is 29.0 Å². The van der Waals surface area contributed by atoms with Crippen molar-refractivity contribution in [3.05, 3.63) is 46.9 Å². The zero-order chi connectivity index (χ0) is 16.3. The molecule has 2 aromatic rings. The molecule has 0 saturated carbocycles. The number of ketones is 1. The van der Waals surface area contributed by atoms with Crippen molar-refractivity contribution in [2.24, 2.45) is 5.92 Å². The number of benzene rings is 1. The number of halogens is 2. The average molecular weight is 322 g/mol. The maximum Gasteiger partial charge on any atom is 0.249 e. The molecule has 6 nitrogen and oxygen atoms in total. The van der Waals surface area contributed by atoms with Crippen LogP contribution >= 0.6 is 11.6 Å². The van der Waals surface area contributed by atoms with E-state index in [1.54, 1.807) is 6.07 Å². The monoisotopic (exact) mass is 321 g/mol. The lowest BCUT2D eigenvalue weighted by Gasteiger charge is -2.09. The number of oxazole rings is 1. The summed E-state index contributed by atoms with van der Waals surface area (Å²) in [5, 5.41) is 11.2. The van der Waals surface area contributed by atoms with E-state index in [4.69, 9.17) is 21.3 Å². The van der Waals surface area contributed by atoms with Crippen LogP contribution < -0.4 is 5.32 Å². The Bertz CT molecular complexity index is 782. The smallest absolute Gasteiger partial charge is 0.249 e. The highest BCUT2D eigenvalue weighted by Crippen LogP contribution is 2.20. The maximum absolute atomic E-state index is 13.0. The van der Waals surface area contributed by atoms with Crippen LogP contribution in [0.5, 0.6) is 0 Å². The number of rotatable bonds is 4. The topological polar surface area (TPSA) is 96.0 Å². The molecule has 0 saturated heterocycles. The number of hydrogen-bond donors (Lipinski definition) is 1. The SMILES string of the molecule is Cc1ocnc1C(=O)[C@H](C#N)C(=O)Nc1ccc(F)c(Cl)c1. The first-order valence-corrected chi connectivity index (χ1v) is 6.41. The molecular weight excluding hydrogens is 313 g/mol. The maximum atomic E-state index is 13.0. The Morgan fingerprint density at radius 1 is 1.50 bits per heavy atom. The van der Waals surface area contributed by atoms with Gasteiger partial charge in [-0.05, 0) is 25.1 Å². The van der Waals surface area contributed by atoms with Crippen molar-refractivity contribution < 1.29 is 18.4 Å². The van der Waals surface area contributed by atoms with Gasteiger partial charge in [0.05, 0.1) is 11.1 Å². The number of carbonyl (C=O) groups is 2. The van der Waals surface area contributed by atoms with Gasteiger partial charge in [-0.3, -0.25) is 9.59 Å². The Labute approximate surface area is 129 Å². The zero-order valence-corrected chi connectivity index (χ0v) is 12.0. The lowest BCUT2D eigenvalue weighted by atomic mass is 10.0. The van der Waals surface area contributed by atoms with Gasteiger partial charge in [0.2, 0.25) is 11.7 Å². The number of hydrogen-bond acceptors (Lipinski definition) is 5. The minimum Gasteiger partial charge on any atom is -0.448 e. The van der Waals surface area contributed by atoms with Gasteiger partial charge in [0, 0.05) is 5.69 Å². The first-order valence-electron chi connectivity index (χ1n) is 6.04. The minimum atomic E-state index is -1.60. The molecule has 0 aliphatic carbocycles. The Balaban J connectivity index is 2.19. The highest BCUT2D eigenvalue weighted by molar-refractivity contribution is 6.31. The molecule has 22 heavy (non-hydrogen) atoms. The predicted molar refractivity (Wildman–Crippen MR) is 74.7 cm³/mol. The second-order valence-electron chi connectivity index (χ2n) is 4.30. The molecule has 0 radical (unpaired) electrons. The quantitative estimate of drug-likeness (QED) is 0.690. The number of carbonyl (C=O) groups excluding carboxylic acids is 2. The van der Waals surface area contributed by atoms with Crippen molar-refractivity contribution in [3.63, 3.8) is 0 Å². The van der Waals surface area contributed by atoms with E-state index in [9.17, 15) is 14.0 Å². The van der Waals surface area contributed by atoms with Crippen molar-refractivity contribution in [2.75, 3.05) is 5.32 Å². The Hall–Kier alpha value is -2.72. The van der Waals surface area contributed by atoms with E-state index in [0.29, 0.717) is 0 Å². The molecule has 2 rings (SSSR count). The van der Waals surface area contributed by atoms with Crippen LogP contribution in [0, 0.1) is 30.0 Å². The number of amides is 1. The largest absolute Gasteiger partial charge is 0.448 e. The molecule has 8 heteroatoms. The normalized spacial score (nSPS) is 11.5. The van der Waals surface area contributed by atoms with Crippen molar-refractivity contribution in [1.82, 2.24) is 4.98 Å². The number of nitriles is 1. The fourth-order valence-corrected chi connectivity index (χ4v) is 1.88. The second kappa shape index (κ2) is 6.37. The van der Waals surface area contributed by atoms with Crippen molar-refractivity contribution in [1.29, 1.82) is 5.26 Å². The third-order valence-electron chi connectivity index (χ3n) is 2.82. The molecule has 1 heterocycles. The summed E-state index contributed by atoms with van der Waals surface area (Å²) in [5.41, 5.74) is 0.0835. The van der Waals surface area contributed by atoms with E-state index in [2.05, 4.69) is 10.3 Å². The lowest BCUT2D eigenvalue weighted by Crippen LogP contribution is -2.29. The second-order valence-corrected chi connectivity index (χ2v) is 4.71. The summed E-state index contributed by atoms with van der Waals surface area (Å²) in [6.07, 6.45) is 1.05. The molecule has 1 aromatic carbocycles. The highest BCUT2D eigenvalue weighted by atomic mass is 35.5. The predicted octanol–water partition coefficient (Wildman–Crippen LogP) is 2.74. The van der Waals surface area contributed by atoms with Gasteiger partial charge in [-0.15, -0.1) is 0 Å². The number of anilines is 1. The molecule has 112 valence electrons. The molecule has 0 fully saturated rings. The van der Waals surface area contributed by atoms with Gasteiger partial charge < -0.3 is 9.73 Å². The van der Waals surface area contributed by atoms with Gasteiger partial charge in [0.15, 0.2) is 12.3 Å². The van der Waals surface area contributed by atoms with E-state index in [0.717, 1.165) is 12.5 Å². The Morgan fingerprint density at radius 3 is 2.77 bits per heavy atom. The van der Waals surface area contributed by atoms with Gasteiger partial charge in [-0.2, -0.15) is 5.26 Å². The van der Waals surface area contributed by atoms with E-state index < -0.39 is 23.4 Å². The van der Waals surface area contributed by atoms with Gasteiger partial charge >= 0.3 is 0 Å². The number of nitrogens with one attached hydrogen (secondary N) is 1. The first-order chi connectivity index (χ1) is 10.4. The molecule has 1 N–H and O–H groups in total. The number of aryl methyl sites for hydroxylation is 1. The summed E-state index contributed by atoms with van der Waals surface area (Å²) in [7, 11) is 0. The Morgan fingerprint density at radius 2 is 2.23 bits per heavy atom. The van der Waals surface area contributed by atoms with Gasteiger partial charge in [0.1, 0.15) is 17.3 Å². The highest BCUT2D eigenvalue weighted by Gasteiger charge is 2.30. The third-order valence-corrected chi connectivity index (χ3v) is 3.11. The fourth-order valence-electron chi connectivity index (χ4n) is 1.70. The summed E-state index contributed by atoms with van der Waals surface area (Å²) >= 11 is 5.59. The van der Waals surface area contributed by atoms with E-state index >= 15 is 0 Å². The summed E-state index contributed by atoms with van der Waals surface area (Å²) in [6, 6.07) is 5.11. The molecule has 1 amide bonds. The molecule has 0 aliphatic rings. The van der Waals surface area contributed by atoms with Gasteiger partial charge in [0.25, 0.3) is 0 Å². The summed E-state index contributed by atoms with van der Waals surface area (Å²) < 4.78 is 17.9. The number of aromatic nitrogens is 1. The third kappa shape index (κ3) is 3.13. The van der Waals surface area contributed by atoms with Crippen LogP contribution in [0.1, 0.15) is 16.2 Å². The fraction of sp³-hybridized carbons (Fsp3) is 0.143. The minimum absolute atomic E-state index is 0.0844. The number of nitrogens with zero attached hydrogens (tertiary/aromatic N) is 2. The van der Waals surface area contributed by atoms with Crippen molar-refractivity contribution >= 4 is 29.0 Å². The lowest BCUT2D eigenvalue weighted by molar-refractivity contribution is -0.117. The van der Waals surface area contributed by atoms with E-state index in [1.807, 2.05) is 0 Å². The first kappa shape index (κ1) is 15.7. The van der Waals surface area contributed by atoms with Crippen LogP contribution in [-0.4, -0.2) is 16.7 Å². The standard InChI is InChI=1S/C14H9ClFN3O3/c1-7-12(18-6-22-7)13(20)9(5-17)14(21)19-8-2-3-11(16)10(15)4-8/h2-4,6,9H,1H3,(H,19,21)/t9-/m0/s1. The van der Waals surface area contributed by atoms with Gasteiger partial charge in [-0.25, -0.2) is 9.37 Å². The average Bonchev–Trinajstić information content (AvgIpc) is 2.89. The molecule has 0 aliphatic heterocycles. The molecule has 0 unspecified atom stereocenters. The zero-order valence-electron chi connectivity index (χ0n) is 11.3. The molecular formula is C14H9ClFN3O3. The van der Waals surface area contributed by atoms with Crippen LogP contribution in [0.2, 0.25) is 5.02 Å². The van der Waals surface area contributed by atoms with E-state index in [1.165, 1.54) is 19.1 Å². The molecule has 1 aromatic heterocycles. The molecule has 0 bridgehead atoms. The van der Waals surface area contributed by atoms with Crippen LogP contribution in [0.25, 0.3) is 0 Å². The van der Waals surface area contributed by atoms with Gasteiger partial charge in [-0.1, -0.05) is 11.6 Å². The Kier molecular flexibility index (Phi) is 4.53. The summed E-state index contributed by atoms with van der Waals surface area (Å²) in [6.45, 7) is 1.49. The van der Waals surface area contributed by atoms with Crippen LogP contribution in [0.4, 0.5) is 10.1 Å². The van der Waals surface area contributed by atoms with Crippen LogP contribution in [-0.2, 0) is 4.79 Å². The molecule has 0 spiro atoms.